The van der Waals surface area contributed by atoms with E-state index < -0.39 is 17.1 Å². The second-order valence-corrected chi connectivity index (χ2v) is 22.7. The monoisotopic (exact) mass is 632 g/mol. The van der Waals surface area contributed by atoms with E-state index in [9.17, 15) is 0 Å². The number of fused-ring (bicyclic) bond motifs is 1. The van der Waals surface area contributed by atoms with Gasteiger partial charge in [-0.05, 0) is 44.9 Å². The van der Waals surface area contributed by atoms with Gasteiger partial charge in [0.15, 0.2) is 0 Å². The number of hydrogen-bond donors (Lipinski definition) is 0. The van der Waals surface area contributed by atoms with Crippen LogP contribution < -0.4 is 4.90 Å². The maximum absolute atomic E-state index is 7.36. The fourth-order valence-electron chi connectivity index (χ4n) is 6.96. The predicted octanol–water partition coefficient (Wildman–Crippen LogP) is 9.07. The minimum absolute atomic E-state index is 0.0601. The summed E-state index contributed by atoms with van der Waals surface area (Å²) in [6.45, 7) is 20.2. The summed E-state index contributed by atoms with van der Waals surface area (Å²) in [5.74, 6) is 0.953. The van der Waals surface area contributed by atoms with Gasteiger partial charge in [-0.25, -0.2) is 4.98 Å². The van der Waals surface area contributed by atoms with Gasteiger partial charge in [-0.3, -0.25) is 0 Å². The first-order valence-corrected chi connectivity index (χ1v) is 20.4. The van der Waals surface area contributed by atoms with E-state index in [2.05, 4.69) is 133 Å². The molecule has 0 aliphatic carbocycles. The molecule has 6 nitrogen and oxygen atoms in total. The van der Waals surface area contributed by atoms with E-state index in [4.69, 9.17) is 22.7 Å². The average Bonchev–Trinajstić information content (AvgIpc) is 3.39. The highest BCUT2D eigenvalue weighted by Crippen LogP contribution is 2.48. The zero-order valence-corrected chi connectivity index (χ0v) is 29.9. The number of nitrogens with zero attached hydrogens (tertiary/aromatic N) is 2. The molecule has 2 fully saturated rings. The van der Waals surface area contributed by atoms with Crippen LogP contribution in [-0.4, -0.2) is 40.9 Å². The first kappa shape index (κ1) is 33.0. The molecule has 0 amide bonds. The number of aromatic nitrogens is 1. The SMILES string of the molecule is CC(C)[Si]1(C(C)C)OC[C@H]2O[C@@H](c3ccc(N(Cc4ccccc4)Cc4ccccc4)nc3)C[C@@H]2O[Si](C(C)C)(C(C)C)O1. The van der Waals surface area contributed by atoms with Crippen LogP contribution in [0.3, 0.4) is 0 Å². The van der Waals surface area contributed by atoms with Crippen LogP contribution in [0.1, 0.15) is 84.6 Å². The molecule has 44 heavy (non-hydrogen) atoms. The van der Waals surface area contributed by atoms with Crippen molar-refractivity contribution in [2.24, 2.45) is 0 Å². The Kier molecular flexibility index (Phi) is 10.5. The molecule has 0 saturated carbocycles. The lowest BCUT2D eigenvalue weighted by atomic mass is 10.1. The molecular weight excluding hydrogens is 581 g/mol. The van der Waals surface area contributed by atoms with E-state index in [1.807, 2.05) is 6.20 Å². The molecule has 2 aliphatic heterocycles. The summed E-state index contributed by atoms with van der Waals surface area (Å²) < 4.78 is 28.3. The van der Waals surface area contributed by atoms with Gasteiger partial charge in [0.05, 0.1) is 18.8 Å². The molecule has 2 aromatic carbocycles. The van der Waals surface area contributed by atoms with E-state index in [1.54, 1.807) is 0 Å². The summed E-state index contributed by atoms with van der Waals surface area (Å²) in [6, 6.07) is 25.5. The summed E-state index contributed by atoms with van der Waals surface area (Å²) in [5.41, 5.74) is 4.83. The van der Waals surface area contributed by atoms with E-state index >= 15 is 0 Å². The maximum Gasteiger partial charge on any atom is 0.335 e. The minimum Gasteiger partial charge on any atom is -0.414 e. The van der Waals surface area contributed by atoms with Crippen molar-refractivity contribution in [3.05, 3.63) is 95.7 Å². The summed E-state index contributed by atoms with van der Waals surface area (Å²) in [4.78, 5) is 7.32. The summed E-state index contributed by atoms with van der Waals surface area (Å²) in [6.07, 6.45) is 2.50. The Morgan fingerprint density at radius 2 is 1.25 bits per heavy atom. The molecule has 3 heterocycles. The third-order valence-corrected chi connectivity index (χ3v) is 19.7. The Balaban J connectivity index is 1.39. The number of rotatable bonds is 10. The molecule has 0 spiro atoms. The first-order valence-electron chi connectivity index (χ1n) is 16.5. The van der Waals surface area contributed by atoms with E-state index in [0.717, 1.165) is 30.9 Å². The van der Waals surface area contributed by atoms with Gasteiger partial charge in [0.25, 0.3) is 0 Å². The molecule has 3 atom stereocenters. The molecule has 1 aromatic heterocycles. The van der Waals surface area contributed by atoms with Crippen LogP contribution >= 0.6 is 0 Å². The number of benzene rings is 2. The van der Waals surface area contributed by atoms with Gasteiger partial charge < -0.3 is 22.6 Å². The summed E-state index contributed by atoms with van der Waals surface area (Å²) in [5, 5.41) is 0. The van der Waals surface area contributed by atoms with E-state index in [0.29, 0.717) is 28.8 Å². The second kappa shape index (κ2) is 14.0. The Morgan fingerprint density at radius 3 is 1.73 bits per heavy atom. The van der Waals surface area contributed by atoms with Crippen LogP contribution in [-0.2, 0) is 30.8 Å². The topological polar surface area (TPSA) is 53.1 Å². The molecular formula is C36H52N2O4Si2. The Labute approximate surface area is 267 Å². The van der Waals surface area contributed by atoms with Crippen molar-refractivity contribution in [1.82, 2.24) is 4.98 Å². The largest absolute Gasteiger partial charge is 0.414 e. The zero-order chi connectivity index (χ0) is 31.5. The smallest absolute Gasteiger partial charge is 0.335 e. The average molecular weight is 633 g/mol. The Morgan fingerprint density at radius 1 is 0.705 bits per heavy atom. The second-order valence-electron chi connectivity index (χ2n) is 13.8. The molecule has 238 valence electrons. The molecule has 0 bridgehead atoms. The van der Waals surface area contributed by atoms with Crippen molar-refractivity contribution in [3.63, 3.8) is 0 Å². The fraction of sp³-hybridized carbons (Fsp3) is 0.528. The van der Waals surface area contributed by atoms with Crippen molar-refractivity contribution in [2.75, 3.05) is 11.5 Å². The van der Waals surface area contributed by atoms with Gasteiger partial charge in [-0.1, -0.05) is 122 Å². The molecule has 3 aromatic rings. The highest BCUT2D eigenvalue weighted by molar-refractivity contribution is 6.83. The molecule has 8 heteroatoms. The summed E-state index contributed by atoms with van der Waals surface area (Å²) in [7, 11) is -5.25. The van der Waals surface area contributed by atoms with E-state index in [1.165, 1.54) is 11.1 Å². The van der Waals surface area contributed by atoms with Crippen LogP contribution in [0.15, 0.2) is 79.0 Å². The number of anilines is 1. The van der Waals surface area contributed by atoms with Crippen molar-refractivity contribution >= 4 is 22.9 Å². The Hall–Kier alpha value is -2.34. The highest BCUT2D eigenvalue weighted by Gasteiger charge is 2.60. The number of ether oxygens (including phenoxy) is 1. The van der Waals surface area contributed by atoms with Gasteiger partial charge in [-0.2, -0.15) is 0 Å². The van der Waals surface area contributed by atoms with Crippen molar-refractivity contribution in [1.29, 1.82) is 0 Å². The molecule has 2 aliphatic rings. The number of hydrogen-bond acceptors (Lipinski definition) is 6. The lowest BCUT2D eigenvalue weighted by Crippen LogP contribution is -2.65. The van der Waals surface area contributed by atoms with Gasteiger partial charge in [0, 0.05) is 25.7 Å². The lowest BCUT2D eigenvalue weighted by molar-refractivity contribution is -0.0386. The highest BCUT2D eigenvalue weighted by atomic mass is 28.5. The third kappa shape index (κ3) is 6.91. The Bertz CT molecular complexity index is 1260. The maximum atomic E-state index is 7.36. The number of pyridine rings is 1. The van der Waals surface area contributed by atoms with Crippen LogP contribution in [0.5, 0.6) is 0 Å². The molecule has 0 radical (unpaired) electrons. The van der Waals surface area contributed by atoms with Crippen LogP contribution in [0, 0.1) is 0 Å². The standard InChI is InChI=1S/C36H52N2O4Si2/c1-26(2)43(27(3)4)39-25-35-34(41-44(42-43,28(5)6)29(7)8)21-33(40-35)32-19-20-36(37-22-32)38(23-30-15-11-9-12-16-30)24-31-17-13-10-14-18-31/h9-20,22,26-29,33-35H,21,23-25H2,1-8H3/t33-,34+,35-/m1/s1. The zero-order valence-electron chi connectivity index (χ0n) is 27.9. The van der Waals surface area contributed by atoms with Crippen molar-refractivity contribution in [3.8, 4) is 0 Å². The van der Waals surface area contributed by atoms with Gasteiger partial charge in [0.2, 0.25) is 0 Å². The van der Waals surface area contributed by atoms with Crippen molar-refractivity contribution in [2.45, 2.75) is 115 Å². The summed E-state index contributed by atoms with van der Waals surface area (Å²) >= 11 is 0. The molecule has 0 N–H and O–H groups in total. The molecule has 5 rings (SSSR count). The van der Waals surface area contributed by atoms with Gasteiger partial charge in [-0.15, -0.1) is 0 Å². The lowest BCUT2D eigenvalue weighted by Gasteiger charge is -2.51. The first-order chi connectivity index (χ1) is 21.0. The van der Waals surface area contributed by atoms with Gasteiger partial charge >= 0.3 is 17.1 Å². The van der Waals surface area contributed by atoms with Crippen LogP contribution in [0.4, 0.5) is 5.82 Å². The predicted molar refractivity (Wildman–Crippen MR) is 183 cm³/mol. The third-order valence-electron chi connectivity index (χ3n) is 9.45. The normalized spacial score (nSPS) is 23.1. The van der Waals surface area contributed by atoms with Crippen LogP contribution in [0.25, 0.3) is 0 Å². The van der Waals surface area contributed by atoms with Crippen molar-refractivity contribution < 1.29 is 17.7 Å². The molecule has 0 unspecified atom stereocenters. The quantitative estimate of drug-likeness (QED) is 0.208. The van der Waals surface area contributed by atoms with Crippen LogP contribution in [0.2, 0.25) is 22.2 Å². The molecule has 2 saturated heterocycles. The minimum atomic E-state index is -2.66. The van der Waals surface area contributed by atoms with E-state index in [-0.39, 0.29) is 18.3 Å². The van der Waals surface area contributed by atoms with Gasteiger partial charge in [0.1, 0.15) is 11.9 Å². The fourth-order valence-corrected chi connectivity index (χ4v) is 18.2.